The molecule has 0 amide bonds. The highest BCUT2D eigenvalue weighted by Crippen LogP contribution is 2.26. The zero-order valence-electron chi connectivity index (χ0n) is 8.57. The molecule has 0 bridgehead atoms. The number of furan rings is 1. The molecule has 4 heteroatoms. The maximum absolute atomic E-state index is 11.9. The van der Waals surface area contributed by atoms with E-state index in [2.05, 4.69) is 0 Å². The SMILES string of the molecule is COc1ccc(C(=O)c2ccco2)cc1Cl. The zero-order valence-corrected chi connectivity index (χ0v) is 9.32. The molecule has 2 rings (SSSR count). The van der Waals surface area contributed by atoms with E-state index in [1.54, 1.807) is 30.3 Å². The third-order valence-corrected chi connectivity index (χ3v) is 2.45. The minimum atomic E-state index is -0.199. The zero-order chi connectivity index (χ0) is 11.5. The van der Waals surface area contributed by atoms with Crippen LogP contribution in [0.5, 0.6) is 5.75 Å². The molecule has 0 saturated carbocycles. The maximum atomic E-state index is 11.9. The lowest BCUT2D eigenvalue weighted by Gasteiger charge is -2.04. The molecule has 0 aliphatic carbocycles. The van der Waals surface area contributed by atoms with Gasteiger partial charge in [0.1, 0.15) is 5.75 Å². The van der Waals surface area contributed by atoms with Gasteiger partial charge < -0.3 is 9.15 Å². The predicted molar refractivity (Wildman–Crippen MR) is 60.1 cm³/mol. The van der Waals surface area contributed by atoms with E-state index >= 15 is 0 Å². The number of rotatable bonds is 3. The van der Waals surface area contributed by atoms with Crippen molar-refractivity contribution in [3.63, 3.8) is 0 Å². The number of hydrogen-bond acceptors (Lipinski definition) is 3. The van der Waals surface area contributed by atoms with Crippen molar-refractivity contribution in [2.24, 2.45) is 0 Å². The Hall–Kier alpha value is -1.74. The summed E-state index contributed by atoms with van der Waals surface area (Å²) in [6.45, 7) is 0. The van der Waals surface area contributed by atoms with Gasteiger partial charge in [-0.1, -0.05) is 11.6 Å². The summed E-state index contributed by atoms with van der Waals surface area (Å²) in [6.07, 6.45) is 1.46. The molecule has 0 spiro atoms. The fourth-order valence-corrected chi connectivity index (χ4v) is 1.62. The largest absolute Gasteiger partial charge is 0.495 e. The van der Waals surface area contributed by atoms with E-state index in [0.29, 0.717) is 22.1 Å². The van der Waals surface area contributed by atoms with E-state index in [1.807, 2.05) is 0 Å². The number of halogens is 1. The molecule has 0 atom stereocenters. The van der Waals surface area contributed by atoms with Gasteiger partial charge in [0, 0.05) is 5.56 Å². The van der Waals surface area contributed by atoms with Crippen LogP contribution in [-0.2, 0) is 0 Å². The standard InChI is InChI=1S/C12H9ClO3/c1-15-10-5-4-8(7-9(10)13)12(14)11-3-2-6-16-11/h2-7H,1H3. The molecule has 0 N–H and O–H groups in total. The van der Waals surface area contributed by atoms with Gasteiger partial charge in [0.25, 0.3) is 0 Å². The van der Waals surface area contributed by atoms with Gasteiger partial charge in [0.15, 0.2) is 5.76 Å². The molecule has 0 aliphatic heterocycles. The van der Waals surface area contributed by atoms with Crippen molar-refractivity contribution in [3.8, 4) is 5.75 Å². The molecule has 0 fully saturated rings. The van der Waals surface area contributed by atoms with Crippen molar-refractivity contribution in [2.45, 2.75) is 0 Å². The summed E-state index contributed by atoms with van der Waals surface area (Å²) >= 11 is 5.93. The summed E-state index contributed by atoms with van der Waals surface area (Å²) < 4.78 is 10.0. The van der Waals surface area contributed by atoms with Crippen LogP contribution in [0.3, 0.4) is 0 Å². The van der Waals surface area contributed by atoms with Crippen LogP contribution in [0.15, 0.2) is 41.0 Å². The van der Waals surface area contributed by atoms with Crippen LogP contribution in [0.4, 0.5) is 0 Å². The lowest BCUT2D eigenvalue weighted by molar-refractivity contribution is 0.101. The average Bonchev–Trinajstić information content (AvgIpc) is 2.81. The molecule has 0 saturated heterocycles. The van der Waals surface area contributed by atoms with Crippen molar-refractivity contribution in [1.82, 2.24) is 0 Å². The van der Waals surface area contributed by atoms with Crippen LogP contribution >= 0.6 is 11.6 Å². The molecule has 3 nitrogen and oxygen atoms in total. The lowest BCUT2D eigenvalue weighted by atomic mass is 10.1. The molecule has 1 aromatic heterocycles. The summed E-state index contributed by atoms with van der Waals surface area (Å²) in [5.74, 6) is 0.633. The monoisotopic (exact) mass is 236 g/mol. The number of methoxy groups -OCH3 is 1. The second-order valence-corrected chi connectivity index (χ2v) is 3.56. The van der Waals surface area contributed by atoms with Gasteiger partial charge in [-0.05, 0) is 30.3 Å². The van der Waals surface area contributed by atoms with Crippen molar-refractivity contribution in [3.05, 3.63) is 52.9 Å². The number of ketones is 1. The Morgan fingerprint density at radius 3 is 2.75 bits per heavy atom. The van der Waals surface area contributed by atoms with Crippen LogP contribution in [0.1, 0.15) is 16.1 Å². The van der Waals surface area contributed by atoms with Gasteiger partial charge in [-0.25, -0.2) is 0 Å². The Labute approximate surface area is 97.6 Å². The van der Waals surface area contributed by atoms with Gasteiger partial charge in [-0.3, -0.25) is 4.79 Å². The van der Waals surface area contributed by atoms with E-state index in [-0.39, 0.29) is 5.78 Å². The summed E-state index contributed by atoms with van der Waals surface area (Å²) in [5, 5.41) is 0.403. The van der Waals surface area contributed by atoms with Crippen LogP contribution in [0.2, 0.25) is 5.02 Å². The van der Waals surface area contributed by atoms with E-state index in [9.17, 15) is 4.79 Å². The van der Waals surface area contributed by atoms with Gasteiger partial charge in [0.2, 0.25) is 5.78 Å². The van der Waals surface area contributed by atoms with Crippen LogP contribution < -0.4 is 4.74 Å². The highest BCUT2D eigenvalue weighted by molar-refractivity contribution is 6.32. The number of hydrogen-bond donors (Lipinski definition) is 0. The van der Waals surface area contributed by atoms with Gasteiger partial charge in [0.05, 0.1) is 18.4 Å². The molecule has 0 unspecified atom stereocenters. The topological polar surface area (TPSA) is 39.4 Å². The van der Waals surface area contributed by atoms with Crippen molar-refractivity contribution >= 4 is 17.4 Å². The van der Waals surface area contributed by atoms with E-state index in [1.165, 1.54) is 13.4 Å². The van der Waals surface area contributed by atoms with Crippen molar-refractivity contribution in [1.29, 1.82) is 0 Å². The predicted octanol–water partition coefficient (Wildman–Crippen LogP) is 3.17. The minimum absolute atomic E-state index is 0.199. The molecule has 0 radical (unpaired) electrons. The second-order valence-electron chi connectivity index (χ2n) is 3.16. The van der Waals surface area contributed by atoms with Crippen LogP contribution in [-0.4, -0.2) is 12.9 Å². The fourth-order valence-electron chi connectivity index (χ4n) is 1.36. The summed E-state index contributed by atoms with van der Waals surface area (Å²) in [4.78, 5) is 11.9. The highest BCUT2D eigenvalue weighted by atomic mass is 35.5. The molecular formula is C12H9ClO3. The molecule has 1 heterocycles. The highest BCUT2D eigenvalue weighted by Gasteiger charge is 2.13. The number of benzene rings is 1. The Kier molecular flexibility index (Phi) is 2.97. The number of carbonyl (C=O) groups is 1. The molecule has 1 aromatic carbocycles. The molecule has 16 heavy (non-hydrogen) atoms. The van der Waals surface area contributed by atoms with Crippen molar-refractivity contribution < 1.29 is 13.9 Å². The summed E-state index contributed by atoms with van der Waals surface area (Å²) in [6, 6.07) is 8.14. The van der Waals surface area contributed by atoms with E-state index in [4.69, 9.17) is 20.8 Å². The van der Waals surface area contributed by atoms with E-state index in [0.717, 1.165) is 0 Å². The molecular weight excluding hydrogens is 228 g/mol. The second kappa shape index (κ2) is 4.41. The Morgan fingerprint density at radius 2 is 2.19 bits per heavy atom. The normalized spacial score (nSPS) is 10.1. The quantitative estimate of drug-likeness (QED) is 0.769. The van der Waals surface area contributed by atoms with Gasteiger partial charge in [-0.15, -0.1) is 0 Å². The van der Waals surface area contributed by atoms with E-state index < -0.39 is 0 Å². The summed E-state index contributed by atoms with van der Waals surface area (Å²) in [5.41, 5.74) is 0.473. The Morgan fingerprint density at radius 1 is 1.38 bits per heavy atom. The van der Waals surface area contributed by atoms with Crippen LogP contribution in [0, 0.1) is 0 Å². The first-order chi connectivity index (χ1) is 7.72. The first-order valence-electron chi connectivity index (χ1n) is 4.64. The molecule has 82 valence electrons. The smallest absolute Gasteiger partial charge is 0.228 e. The Balaban J connectivity index is 2.35. The van der Waals surface area contributed by atoms with Crippen LogP contribution in [0.25, 0.3) is 0 Å². The molecule has 0 aliphatic rings. The van der Waals surface area contributed by atoms with Crippen molar-refractivity contribution in [2.75, 3.05) is 7.11 Å². The third kappa shape index (κ3) is 1.95. The third-order valence-electron chi connectivity index (χ3n) is 2.16. The van der Waals surface area contributed by atoms with Gasteiger partial charge in [-0.2, -0.15) is 0 Å². The summed E-state index contributed by atoms with van der Waals surface area (Å²) in [7, 11) is 1.52. The molecule has 2 aromatic rings. The lowest BCUT2D eigenvalue weighted by Crippen LogP contribution is -1.99. The minimum Gasteiger partial charge on any atom is -0.495 e. The Bertz CT molecular complexity index is 503. The first kappa shape index (κ1) is 10.8. The number of ether oxygens (including phenoxy) is 1. The van der Waals surface area contributed by atoms with Gasteiger partial charge >= 0.3 is 0 Å². The number of carbonyl (C=O) groups excluding carboxylic acids is 1. The average molecular weight is 237 g/mol. The first-order valence-corrected chi connectivity index (χ1v) is 5.02. The maximum Gasteiger partial charge on any atom is 0.228 e. The fraction of sp³-hybridized carbons (Fsp3) is 0.0833.